The minimum atomic E-state index is 0.267. The topological polar surface area (TPSA) is 45.4 Å². The highest BCUT2D eigenvalue weighted by Crippen LogP contribution is 2.16. The van der Waals surface area contributed by atoms with E-state index in [2.05, 4.69) is 4.99 Å². The number of aliphatic imine (C=N–C) groups is 1. The van der Waals surface area contributed by atoms with Crippen molar-refractivity contribution in [2.24, 2.45) is 4.99 Å². The molecular weight excluding hydrogens is 220 g/mol. The van der Waals surface area contributed by atoms with Crippen molar-refractivity contribution in [3.63, 3.8) is 0 Å². The number of hydrogen-bond acceptors (Lipinski definition) is 4. The van der Waals surface area contributed by atoms with Gasteiger partial charge in [0.05, 0.1) is 4.86 Å². The lowest BCUT2D eigenvalue weighted by atomic mass is 10.2. The van der Waals surface area contributed by atoms with Gasteiger partial charge >= 0.3 is 0 Å². The van der Waals surface area contributed by atoms with Crippen molar-refractivity contribution in [3.8, 4) is 11.8 Å². The highest BCUT2D eigenvalue weighted by Gasteiger charge is 2.13. The molecule has 0 amide bonds. The molecule has 1 aromatic rings. The van der Waals surface area contributed by atoms with E-state index >= 15 is 0 Å². The molecule has 1 aliphatic heterocycles. The van der Waals surface area contributed by atoms with Crippen molar-refractivity contribution in [3.05, 3.63) is 42.3 Å². The van der Waals surface area contributed by atoms with Crippen LogP contribution in [0.1, 0.15) is 6.42 Å². The van der Waals surface area contributed by atoms with Gasteiger partial charge in [-0.2, -0.15) is 5.26 Å². The van der Waals surface area contributed by atoms with Gasteiger partial charge in [0.2, 0.25) is 5.88 Å². The van der Waals surface area contributed by atoms with Crippen LogP contribution >= 0.6 is 12.2 Å². The number of nitrogens with zero attached hydrogens (tertiary/aromatic N) is 2. The third-order valence-electron chi connectivity index (χ3n) is 2.02. The Kier molecular flexibility index (Phi) is 3.08. The monoisotopic (exact) mass is 228 g/mol. The van der Waals surface area contributed by atoms with Crippen LogP contribution in [0, 0.1) is 11.3 Å². The van der Waals surface area contributed by atoms with Gasteiger partial charge in [-0.1, -0.05) is 30.4 Å². The summed E-state index contributed by atoms with van der Waals surface area (Å²) in [5.74, 6) is 1.12. The van der Waals surface area contributed by atoms with E-state index in [-0.39, 0.29) is 5.71 Å². The summed E-state index contributed by atoms with van der Waals surface area (Å²) >= 11 is 4.99. The Morgan fingerprint density at radius 3 is 2.75 bits per heavy atom. The van der Waals surface area contributed by atoms with E-state index in [1.54, 1.807) is 6.08 Å². The molecule has 0 aromatic heterocycles. The maximum absolute atomic E-state index is 8.79. The third-order valence-corrected chi connectivity index (χ3v) is 2.38. The number of para-hydroxylation sites is 1. The molecule has 0 N–H and O–H groups in total. The molecule has 0 aliphatic carbocycles. The van der Waals surface area contributed by atoms with Crippen LogP contribution in [-0.4, -0.2) is 10.6 Å². The summed E-state index contributed by atoms with van der Waals surface area (Å²) in [7, 11) is 0. The fourth-order valence-corrected chi connectivity index (χ4v) is 1.43. The maximum Gasteiger partial charge on any atom is 0.216 e. The molecular formula is C12H8N2OS. The number of rotatable bonds is 2. The normalized spacial score (nSPS) is 14.8. The Hall–Kier alpha value is -1.99. The van der Waals surface area contributed by atoms with Gasteiger partial charge in [-0.05, 0) is 18.2 Å². The van der Waals surface area contributed by atoms with Gasteiger partial charge in [-0.3, -0.25) is 0 Å². The average molecular weight is 228 g/mol. The molecule has 0 fully saturated rings. The van der Waals surface area contributed by atoms with E-state index < -0.39 is 0 Å². The quantitative estimate of drug-likeness (QED) is 0.731. The second kappa shape index (κ2) is 4.69. The molecule has 0 spiro atoms. The van der Waals surface area contributed by atoms with Gasteiger partial charge in [0.15, 0.2) is 5.71 Å². The number of allylic oxidation sites excluding steroid dienone is 1. The lowest BCUT2D eigenvalue weighted by molar-refractivity contribution is 0.419. The average Bonchev–Trinajstić information content (AvgIpc) is 2.33. The molecule has 78 valence electrons. The van der Waals surface area contributed by atoms with E-state index in [1.165, 1.54) is 0 Å². The second-order valence-electron chi connectivity index (χ2n) is 3.16. The molecule has 1 aliphatic rings. The van der Waals surface area contributed by atoms with Crippen LogP contribution < -0.4 is 4.74 Å². The first kappa shape index (κ1) is 10.5. The Balaban J connectivity index is 2.17. The van der Waals surface area contributed by atoms with Gasteiger partial charge in [0.25, 0.3) is 0 Å². The van der Waals surface area contributed by atoms with Crippen molar-refractivity contribution in [1.82, 2.24) is 0 Å². The second-order valence-corrected chi connectivity index (χ2v) is 3.65. The van der Waals surface area contributed by atoms with Crippen LogP contribution in [0.4, 0.5) is 0 Å². The van der Waals surface area contributed by atoms with Gasteiger partial charge in [0, 0.05) is 6.42 Å². The molecule has 3 nitrogen and oxygen atoms in total. The molecule has 0 saturated carbocycles. The lowest BCUT2D eigenvalue weighted by Crippen LogP contribution is -2.14. The van der Waals surface area contributed by atoms with Crippen LogP contribution in [0.15, 0.2) is 47.3 Å². The first-order valence-corrected chi connectivity index (χ1v) is 5.15. The predicted molar refractivity (Wildman–Crippen MR) is 65.4 cm³/mol. The minimum Gasteiger partial charge on any atom is -0.439 e. The Morgan fingerprint density at radius 2 is 2.06 bits per heavy atom. The molecule has 4 heteroatoms. The van der Waals surface area contributed by atoms with Crippen LogP contribution in [0.2, 0.25) is 0 Å². The van der Waals surface area contributed by atoms with Crippen LogP contribution in [-0.2, 0) is 0 Å². The number of ether oxygens (including phenoxy) is 1. The standard InChI is InChI=1S/C12H8N2OS/c13-8-10-11(16)6-7-12(14-10)15-9-4-2-1-3-5-9/h1-5,7H,6H2. The third kappa shape index (κ3) is 2.33. The molecule has 0 saturated heterocycles. The van der Waals surface area contributed by atoms with E-state index in [0.717, 1.165) is 0 Å². The van der Waals surface area contributed by atoms with Gasteiger partial charge < -0.3 is 4.74 Å². The predicted octanol–water partition coefficient (Wildman–Crippen LogP) is 2.64. The molecule has 1 aromatic carbocycles. The molecule has 1 heterocycles. The first-order valence-electron chi connectivity index (χ1n) is 4.74. The molecule has 0 bridgehead atoms. The van der Waals surface area contributed by atoms with Gasteiger partial charge in [0.1, 0.15) is 11.8 Å². The van der Waals surface area contributed by atoms with Crippen molar-refractivity contribution in [2.75, 3.05) is 0 Å². The first-order chi connectivity index (χ1) is 7.79. The molecule has 0 atom stereocenters. The highest BCUT2D eigenvalue weighted by atomic mass is 32.1. The largest absolute Gasteiger partial charge is 0.439 e. The summed E-state index contributed by atoms with van der Waals surface area (Å²) in [4.78, 5) is 4.59. The Labute approximate surface area is 98.7 Å². The fraction of sp³-hybridized carbons (Fsp3) is 0.0833. The molecule has 0 unspecified atom stereocenters. The van der Waals surface area contributed by atoms with E-state index in [0.29, 0.717) is 22.9 Å². The fourth-order valence-electron chi connectivity index (χ4n) is 1.26. The van der Waals surface area contributed by atoms with Crippen LogP contribution in [0.25, 0.3) is 0 Å². The van der Waals surface area contributed by atoms with Gasteiger partial charge in [-0.15, -0.1) is 0 Å². The minimum absolute atomic E-state index is 0.267. The zero-order valence-corrected chi connectivity index (χ0v) is 9.20. The van der Waals surface area contributed by atoms with E-state index in [9.17, 15) is 0 Å². The Morgan fingerprint density at radius 1 is 1.31 bits per heavy atom. The SMILES string of the molecule is N#CC1=NC(Oc2ccccc2)=CCC1=S. The summed E-state index contributed by atoms with van der Waals surface area (Å²) in [6.07, 6.45) is 2.31. The number of hydrogen-bond donors (Lipinski definition) is 0. The molecule has 16 heavy (non-hydrogen) atoms. The van der Waals surface area contributed by atoms with Crippen LogP contribution in [0.3, 0.4) is 0 Å². The summed E-state index contributed by atoms with van der Waals surface area (Å²) < 4.78 is 5.50. The maximum atomic E-state index is 8.79. The van der Waals surface area contributed by atoms with Crippen molar-refractivity contribution in [1.29, 1.82) is 5.26 Å². The zero-order valence-electron chi connectivity index (χ0n) is 8.38. The Bertz CT molecular complexity index is 512. The van der Waals surface area contributed by atoms with Crippen molar-refractivity contribution >= 4 is 22.8 Å². The number of nitriles is 1. The van der Waals surface area contributed by atoms with E-state index in [1.807, 2.05) is 36.4 Å². The number of benzene rings is 1. The summed E-state index contributed by atoms with van der Waals surface area (Å²) in [6, 6.07) is 11.3. The molecule has 0 radical (unpaired) electrons. The van der Waals surface area contributed by atoms with Gasteiger partial charge in [-0.25, -0.2) is 4.99 Å². The lowest BCUT2D eigenvalue weighted by Gasteiger charge is -2.10. The van der Waals surface area contributed by atoms with Crippen molar-refractivity contribution < 1.29 is 4.74 Å². The summed E-state index contributed by atoms with van der Waals surface area (Å²) in [6.45, 7) is 0. The summed E-state index contributed by atoms with van der Waals surface area (Å²) in [5.41, 5.74) is 0.267. The highest BCUT2D eigenvalue weighted by molar-refractivity contribution is 7.82. The van der Waals surface area contributed by atoms with Crippen LogP contribution in [0.5, 0.6) is 5.75 Å². The molecule has 2 rings (SSSR count). The zero-order chi connectivity index (χ0) is 11.4. The van der Waals surface area contributed by atoms with E-state index in [4.69, 9.17) is 22.2 Å². The smallest absolute Gasteiger partial charge is 0.216 e. The van der Waals surface area contributed by atoms with Crippen molar-refractivity contribution in [2.45, 2.75) is 6.42 Å². The summed E-state index contributed by atoms with van der Waals surface area (Å²) in [5, 5.41) is 8.79. The number of thiocarbonyl (C=S) groups is 1.